The van der Waals surface area contributed by atoms with Gasteiger partial charge in [0.2, 0.25) is 0 Å². The number of halogens is 2. The van der Waals surface area contributed by atoms with E-state index in [0.29, 0.717) is 24.5 Å². The molecule has 0 radical (unpaired) electrons. The minimum absolute atomic E-state index is 0.00887. The first-order chi connectivity index (χ1) is 16.2. The van der Waals surface area contributed by atoms with Crippen LogP contribution in [-0.2, 0) is 11.3 Å². The third-order valence-corrected chi connectivity index (χ3v) is 6.86. The van der Waals surface area contributed by atoms with Crippen molar-refractivity contribution in [2.45, 2.75) is 38.0 Å². The molecule has 0 saturated carbocycles. The summed E-state index contributed by atoms with van der Waals surface area (Å²) < 4.78 is 34.0. The van der Waals surface area contributed by atoms with E-state index in [0.717, 1.165) is 42.9 Å². The van der Waals surface area contributed by atoms with Crippen LogP contribution in [0.25, 0.3) is 10.6 Å². The fourth-order valence-corrected chi connectivity index (χ4v) is 5.03. The van der Waals surface area contributed by atoms with E-state index in [9.17, 15) is 13.6 Å². The molecule has 3 heterocycles. The van der Waals surface area contributed by atoms with Crippen molar-refractivity contribution in [3.8, 4) is 10.6 Å². The van der Waals surface area contributed by atoms with Gasteiger partial charge in [0.25, 0.3) is 5.91 Å². The number of nitrogens with two attached hydrogens (primary N) is 2. The van der Waals surface area contributed by atoms with Crippen molar-refractivity contribution in [2.24, 2.45) is 5.73 Å². The van der Waals surface area contributed by atoms with Crippen molar-refractivity contribution in [3.05, 3.63) is 47.4 Å². The highest BCUT2D eigenvalue weighted by molar-refractivity contribution is 7.19. The van der Waals surface area contributed by atoms with Gasteiger partial charge in [-0.2, -0.15) is 5.10 Å². The summed E-state index contributed by atoms with van der Waals surface area (Å²) in [6.45, 7) is 3.95. The fourth-order valence-electron chi connectivity index (χ4n) is 4.15. The molecule has 3 aromatic rings. The molecule has 0 spiro atoms. The maximum absolute atomic E-state index is 14.1. The van der Waals surface area contributed by atoms with Crippen molar-refractivity contribution in [3.63, 3.8) is 0 Å². The molecule has 1 amide bonds. The average Bonchev–Trinajstić information content (AvgIpc) is 3.33. The summed E-state index contributed by atoms with van der Waals surface area (Å²) in [5.74, 6) is -2.16. The molecule has 9 nitrogen and oxygen atoms in total. The lowest BCUT2D eigenvalue weighted by Gasteiger charge is -2.32. The van der Waals surface area contributed by atoms with Crippen LogP contribution in [0.5, 0.6) is 0 Å². The quantitative estimate of drug-likeness (QED) is 0.416. The lowest BCUT2D eigenvalue weighted by Crippen LogP contribution is -2.42. The Balaban J connectivity index is 1.51. The summed E-state index contributed by atoms with van der Waals surface area (Å²) in [6.07, 6.45) is 3.06. The summed E-state index contributed by atoms with van der Waals surface area (Å²) in [5.41, 5.74) is 12.5. The maximum atomic E-state index is 14.1. The number of carbonyl (C=O) groups excluding carboxylic acids is 1. The number of methoxy groups -OCH3 is 1. The van der Waals surface area contributed by atoms with Crippen LogP contribution in [0.15, 0.2) is 24.4 Å². The zero-order valence-corrected chi connectivity index (χ0v) is 19.7. The Morgan fingerprint density at radius 2 is 2.15 bits per heavy atom. The third-order valence-electron chi connectivity index (χ3n) is 5.95. The molecule has 4 rings (SSSR count). The molecule has 0 bridgehead atoms. The summed E-state index contributed by atoms with van der Waals surface area (Å²) >= 11 is 0.843. The molecule has 1 aliphatic rings. The van der Waals surface area contributed by atoms with Crippen molar-refractivity contribution in [1.29, 1.82) is 0 Å². The number of thiazole rings is 1. The number of nitrogens with zero attached hydrogens (tertiary/aromatic N) is 3. The van der Waals surface area contributed by atoms with Gasteiger partial charge < -0.3 is 21.5 Å². The number of amides is 1. The van der Waals surface area contributed by atoms with Crippen molar-refractivity contribution < 1.29 is 18.3 Å². The molecule has 182 valence electrons. The summed E-state index contributed by atoms with van der Waals surface area (Å²) in [4.78, 5) is 19.2. The fraction of sp³-hybridized carbons (Fsp3) is 0.409. The number of hydrogen-bond donors (Lipinski definition) is 4. The number of likely N-dealkylation sites (tertiary alicyclic amines) is 1. The molecule has 1 fully saturated rings. The molecule has 2 aromatic heterocycles. The van der Waals surface area contributed by atoms with Crippen LogP contribution in [-0.4, -0.2) is 57.8 Å². The largest absolute Gasteiger partial charge is 0.389 e. The third kappa shape index (κ3) is 5.09. The topological polar surface area (TPSA) is 135 Å². The first-order valence-corrected chi connectivity index (χ1v) is 11.6. The smallest absolute Gasteiger partial charge is 0.277 e. The summed E-state index contributed by atoms with van der Waals surface area (Å²) in [7, 11) is 1.68. The number of aromatic nitrogens is 3. The number of hydrogen-bond acceptors (Lipinski definition) is 8. The van der Waals surface area contributed by atoms with Gasteiger partial charge in [-0.05, 0) is 31.9 Å². The maximum Gasteiger partial charge on any atom is 0.277 e. The standard InChI is InChI=1S/C22H27F2N7O2S/c1-22(33-2)8-12(25)6-7-31(11-22)10-16-15(9-27-30-16)28-20(32)18-19(26)34-21(29-18)17-13(23)4-3-5-14(17)24/h3-5,9,12H,6-8,10-11,25-26H2,1-2H3,(H,27,30)(H,28,32). The predicted octanol–water partition coefficient (Wildman–Crippen LogP) is 2.97. The zero-order chi connectivity index (χ0) is 24.5. The number of nitrogen functional groups attached to an aromatic ring is 1. The predicted molar refractivity (Wildman–Crippen MR) is 126 cm³/mol. The number of anilines is 2. The Morgan fingerprint density at radius 3 is 2.85 bits per heavy atom. The van der Waals surface area contributed by atoms with E-state index in [1.807, 2.05) is 6.92 Å². The Bertz CT molecular complexity index is 1160. The van der Waals surface area contributed by atoms with Gasteiger partial charge in [0.1, 0.15) is 21.6 Å². The average molecular weight is 492 g/mol. The number of H-pyrrole nitrogens is 1. The van der Waals surface area contributed by atoms with Gasteiger partial charge >= 0.3 is 0 Å². The van der Waals surface area contributed by atoms with E-state index in [4.69, 9.17) is 16.2 Å². The number of nitrogens with one attached hydrogen (secondary N) is 2. The molecule has 0 aliphatic carbocycles. The molecule has 1 saturated heterocycles. The lowest BCUT2D eigenvalue weighted by molar-refractivity contribution is -0.0235. The SMILES string of the molecule is COC1(C)CC(N)CCN(Cc2[nH]ncc2NC(=O)c2nc(-c3c(F)cccc3F)sc2N)C1. The summed E-state index contributed by atoms with van der Waals surface area (Å²) in [5, 5.41) is 9.77. The van der Waals surface area contributed by atoms with Crippen LogP contribution in [0.2, 0.25) is 0 Å². The van der Waals surface area contributed by atoms with Crippen LogP contribution in [0.4, 0.5) is 19.5 Å². The van der Waals surface area contributed by atoms with E-state index < -0.39 is 17.5 Å². The van der Waals surface area contributed by atoms with Gasteiger partial charge in [-0.1, -0.05) is 17.4 Å². The normalized spacial score (nSPS) is 21.4. The Kier molecular flexibility index (Phi) is 6.94. The monoisotopic (exact) mass is 491 g/mol. The van der Waals surface area contributed by atoms with Crippen molar-refractivity contribution >= 4 is 27.9 Å². The highest BCUT2D eigenvalue weighted by atomic mass is 32.1. The van der Waals surface area contributed by atoms with Crippen LogP contribution in [0, 0.1) is 11.6 Å². The number of benzene rings is 1. The molecular weight excluding hydrogens is 464 g/mol. The minimum Gasteiger partial charge on any atom is -0.389 e. The van der Waals surface area contributed by atoms with E-state index in [2.05, 4.69) is 25.4 Å². The molecule has 2 unspecified atom stereocenters. The van der Waals surface area contributed by atoms with Crippen LogP contribution in [0.3, 0.4) is 0 Å². The second-order valence-electron chi connectivity index (χ2n) is 8.66. The van der Waals surface area contributed by atoms with E-state index in [1.54, 1.807) is 7.11 Å². The Morgan fingerprint density at radius 1 is 1.41 bits per heavy atom. The molecule has 1 aromatic carbocycles. The Labute approximate surface area is 199 Å². The van der Waals surface area contributed by atoms with Gasteiger partial charge in [0.05, 0.1) is 28.7 Å². The summed E-state index contributed by atoms with van der Waals surface area (Å²) in [6, 6.07) is 3.54. The van der Waals surface area contributed by atoms with Gasteiger partial charge in [-0.15, -0.1) is 0 Å². The minimum atomic E-state index is -0.780. The van der Waals surface area contributed by atoms with Crippen LogP contribution in [0.1, 0.15) is 35.9 Å². The lowest BCUT2D eigenvalue weighted by atomic mass is 9.97. The molecule has 34 heavy (non-hydrogen) atoms. The zero-order valence-electron chi connectivity index (χ0n) is 18.9. The second kappa shape index (κ2) is 9.74. The molecule has 1 aliphatic heterocycles. The highest BCUT2D eigenvalue weighted by Crippen LogP contribution is 2.34. The van der Waals surface area contributed by atoms with E-state index in [1.165, 1.54) is 12.3 Å². The van der Waals surface area contributed by atoms with Crippen LogP contribution < -0.4 is 16.8 Å². The highest BCUT2D eigenvalue weighted by Gasteiger charge is 2.33. The first-order valence-electron chi connectivity index (χ1n) is 10.8. The molecule has 12 heteroatoms. The van der Waals surface area contributed by atoms with Crippen LogP contribution >= 0.6 is 11.3 Å². The van der Waals surface area contributed by atoms with E-state index in [-0.39, 0.29) is 32.9 Å². The molecular formula is C22H27F2N7O2S. The van der Waals surface area contributed by atoms with Gasteiger partial charge in [0, 0.05) is 32.8 Å². The number of aromatic amines is 1. The van der Waals surface area contributed by atoms with Gasteiger partial charge in [0.15, 0.2) is 5.69 Å². The number of ether oxygens (including phenoxy) is 1. The first kappa shape index (κ1) is 24.2. The van der Waals surface area contributed by atoms with Gasteiger partial charge in [-0.3, -0.25) is 14.8 Å². The number of rotatable bonds is 6. The molecule has 6 N–H and O–H groups in total. The van der Waals surface area contributed by atoms with Gasteiger partial charge in [-0.25, -0.2) is 13.8 Å². The Hall–Kier alpha value is -2.93. The van der Waals surface area contributed by atoms with Crippen molar-refractivity contribution in [1.82, 2.24) is 20.1 Å². The second-order valence-corrected chi connectivity index (χ2v) is 9.69. The number of carbonyl (C=O) groups is 1. The van der Waals surface area contributed by atoms with E-state index >= 15 is 0 Å². The molecule has 2 atom stereocenters. The van der Waals surface area contributed by atoms with Crippen molar-refractivity contribution in [2.75, 3.05) is 31.2 Å².